The highest BCUT2D eigenvalue weighted by atomic mass is 15.1. The first kappa shape index (κ1) is 38.9. The van der Waals surface area contributed by atoms with Crippen LogP contribution in [0, 0.1) is 0 Å². The van der Waals surface area contributed by atoms with Crippen LogP contribution in [0.2, 0.25) is 0 Å². The van der Waals surface area contributed by atoms with E-state index in [0.717, 1.165) is 22.7 Å². The molecule has 0 atom stereocenters. The number of hydrogen-bond acceptors (Lipinski definition) is 1. The van der Waals surface area contributed by atoms with Crippen molar-refractivity contribution in [1.29, 1.82) is 0 Å². The van der Waals surface area contributed by atoms with E-state index in [9.17, 15) is 0 Å². The van der Waals surface area contributed by atoms with Crippen molar-refractivity contribution in [2.24, 2.45) is 0 Å². The summed E-state index contributed by atoms with van der Waals surface area (Å²) < 4.78 is 2.42. The predicted octanol–water partition coefficient (Wildman–Crippen LogP) is 17.7. The minimum absolute atomic E-state index is 1.08. The Hall–Kier alpha value is -8.72. The van der Waals surface area contributed by atoms with Gasteiger partial charge < -0.3 is 9.47 Å². The third kappa shape index (κ3) is 7.02. The fraction of sp³-hybridized carbons (Fsp3) is 0. The van der Waals surface area contributed by atoms with Crippen molar-refractivity contribution < 1.29 is 0 Å². The summed E-state index contributed by atoms with van der Waals surface area (Å²) in [5, 5.41) is 4.92. The number of fused-ring (bicyclic) bond motifs is 4. The molecular formula is C64H44N2. The summed E-state index contributed by atoms with van der Waals surface area (Å²) in [4.78, 5) is 2.40. The molecule has 12 aromatic rings. The highest BCUT2D eigenvalue weighted by Crippen LogP contribution is 2.45. The monoisotopic (exact) mass is 840 g/mol. The molecular weight excluding hydrogens is 797 g/mol. The molecule has 0 amide bonds. The van der Waals surface area contributed by atoms with Crippen LogP contribution >= 0.6 is 0 Å². The summed E-state index contributed by atoms with van der Waals surface area (Å²) >= 11 is 0. The zero-order valence-corrected chi connectivity index (χ0v) is 36.3. The van der Waals surface area contributed by atoms with Gasteiger partial charge in [0, 0.05) is 33.5 Å². The van der Waals surface area contributed by atoms with E-state index < -0.39 is 0 Å². The average molecular weight is 841 g/mol. The lowest BCUT2D eigenvalue weighted by atomic mass is 9.92. The first-order chi connectivity index (χ1) is 32.7. The van der Waals surface area contributed by atoms with Gasteiger partial charge in [0.05, 0.1) is 11.0 Å². The Labute approximate surface area is 385 Å². The predicted molar refractivity (Wildman–Crippen MR) is 280 cm³/mol. The van der Waals surface area contributed by atoms with Crippen molar-refractivity contribution in [2.45, 2.75) is 0 Å². The number of rotatable bonds is 9. The minimum Gasteiger partial charge on any atom is -0.310 e. The number of anilines is 3. The molecule has 2 nitrogen and oxygen atoms in total. The Morgan fingerprint density at radius 3 is 1.36 bits per heavy atom. The van der Waals surface area contributed by atoms with Gasteiger partial charge in [0.25, 0.3) is 0 Å². The van der Waals surface area contributed by atoms with Crippen molar-refractivity contribution >= 4 is 49.6 Å². The minimum atomic E-state index is 1.08. The van der Waals surface area contributed by atoms with Crippen LogP contribution in [0.3, 0.4) is 0 Å². The van der Waals surface area contributed by atoms with Gasteiger partial charge in [-0.05, 0) is 127 Å². The van der Waals surface area contributed by atoms with Crippen molar-refractivity contribution in [3.05, 3.63) is 267 Å². The third-order valence-electron chi connectivity index (χ3n) is 13.0. The summed E-state index contributed by atoms with van der Waals surface area (Å²) in [5.74, 6) is 0. The molecule has 0 saturated heterocycles. The molecule has 0 radical (unpaired) electrons. The molecule has 0 aliphatic heterocycles. The highest BCUT2D eigenvalue weighted by molar-refractivity contribution is 6.23. The molecule has 310 valence electrons. The van der Waals surface area contributed by atoms with Gasteiger partial charge in [0.2, 0.25) is 0 Å². The maximum Gasteiger partial charge on any atom is 0.0553 e. The van der Waals surface area contributed by atoms with Crippen LogP contribution < -0.4 is 4.90 Å². The van der Waals surface area contributed by atoms with Crippen LogP contribution in [-0.2, 0) is 0 Å². The Morgan fingerprint density at radius 2 is 0.727 bits per heavy atom. The largest absolute Gasteiger partial charge is 0.310 e. The van der Waals surface area contributed by atoms with E-state index in [1.165, 1.54) is 88.2 Å². The molecule has 0 fully saturated rings. The van der Waals surface area contributed by atoms with Crippen LogP contribution in [0.15, 0.2) is 267 Å². The molecule has 0 aliphatic carbocycles. The van der Waals surface area contributed by atoms with Crippen molar-refractivity contribution in [3.8, 4) is 61.3 Å². The molecule has 1 heterocycles. The molecule has 12 rings (SSSR count). The lowest BCUT2D eigenvalue weighted by Gasteiger charge is -2.27. The van der Waals surface area contributed by atoms with Crippen LogP contribution in [0.4, 0.5) is 17.1 Å². The highest BCUT2D eigenvalue weighted by Gasteiger charge is 2.21. The summed E-state index contributed by atoms with van der Waals surface area (Å²) in [6.45, 7) is 0. The number of aromatic nitrogens is 1. The van der Waals surface area contributed by atoms with Gasteiger partial charge in [-0.15, -0.1) is 0 Å². The molecule has 66 heavy (non-hydrogen) atoms. The fourth-order valence-corrected chi connectivity index (χ4v) is 9.88. The molecule has 1 aromatic heterocycles. The molecule has 0 N–H and O–H groups in total. The first-order valence-electron chi connectivity index (χ1n) is 22.7. The van der Waals surface area contributed by atoms with E-state index in [-0.39, 0.29) is 0 Å². The lowest BCUT2D eigenvalue weighted by Crippen LogP contribution is -2.10. The van der Waals surface area contributed by atoms with Crippen molar-refractivity contribution in [3.63, 3.8) is 0 Å². The zero-order chi connectivity index (χ0) is 43.8. The van der Waals surface area contributed by atoms with E-state index in [1.807, 2.05) is 0 Å². The van der Waals surface area contributed by atoms with Gasteiger partial charge in [-0.25, -0.2) is 0 Å². The second-order valence-electron chi connectivity index (χ2n) is 16.9. The molecule has 0 aliphatic rings. The van der Waals surface area contributed by atoms with Crippen LogP contribution in [0.25, 0.3) is 93.9 Å². The van der Waals surface area contributed by atoms with Gasteiger partial charge in [0.15, 0.2) is 0 Å². The summed E-state index contributed by atoms with van der Waals surface area (Å²) in [7, 11) is 0. The Balaban J connectivity index is 1.01. The van der Waals surface area contributed by atoms with Crippen molar-refractivity contribution in [2.75, 3.05) is 4.90 Å². The van der Waals surface area contributed by atoms with Gasteiger partial charge >= 0.3 is 0 Å². The Morgan fingerprint density at radius 1 is 0.273 bits per heavy atom. The zero-order valence-electron chi connectivity index (χ0n) is 36.3. The van der Waals surface area contributed by atoms with Gasteiger partial charge in [0.1, 0.15) is 0 Å². The molecule has 0 saturated carbocycles. The summed E-state index contributed by atoms with van der Waals surface area (Å²) in [6, 6.07) is 96.8. The molecule has 0 bridgehead atoms. The van der Waals surface area contributed by atoms with Crippen LogP contribution in [-0.4, -0.2) is 4.57 Å². The standard InChI is InChI=1S/C64H44N2/c1-4-17-45(18-5-1)46-31-33-47(34-32-46)48-35-39-54(40-36-48)65(55-41-37-50(38-42-55)58-27-13-12-26-57(58)49-19-6-2-7-20-49)56-25-16-22-52(43-56)63-59-28-11-10-21-51(59)44-62-64(63)60-29-14-15-30-61(60)66(62)53-23-8-3-9-24-53/h1-44H. The number of benzene rings is 11. The number of hydrogen-bond donors (Lipinski definition) is 0. The van der Waals surface area contributed by atoms with E-state index >= 15 is 0 Å². The summed E-state index contributed by atoms with van der Waals surface area (Å²) in [5.41, 5.74) is 18.8. The smallest absolute Gasteiger partial charge is 0.0553 e. The molecule has 11 aromatic carbocycles. The van der Waals surface area contributed by atoms with Crippen LogP contribution in [0.1, 0.15) is 0 Å². The van der Waals surface area contributed by atoms with E-state index in [4.69, 9.17) is 0 Å². The topological polar surface area (TPSA) is 8.17 Å². The number of para-hydroxylation sites is 2. The molecule has 2 heteroatoms. The molecule has 0 unspecified atom stereocenters. The molecule has 0 spiro atoms. The maximum absolute atomic E-state index is 2.42. The normalized spacial score (nSPS) is 11.3. The maximum atomic E-state index is 2.42. The van der Waals surface area contributed by atoms with Crippen LogP contribution in [0.5, 0.6) is 0 Å². The summed E-state index contributed by atoms with van der Waals surface area (Å²) in [6.07, 6.45) is 0. The van der Waals surface area contributed by atoms with E-state index in [1.54, 1.807) is 0 Å². The first-order valence-corrected chi connectivity index (χ1v) is 22.7. The SMILES string of the molecule is c1ccc(-c2ccc(-c3ccc(N(c4ccc(-c5ccccc5-c5ccccc5)cc4)c4cccc(-c5c6ccccc6cc6c5c5ccccc5n6-c5ccccc5)c4)cc3)cc2)cc1. The van der Waals surface area contributed by atoms with Gasteiger partial charge in [-0.1, -0.05) is 206 Å². The fourth-order valence-electron chi connectivity index (χ4n) is 9.88. The van der Waals surface area contributed by atoms with E-state index in [0.29, 0.717) is 0 Å². The third-order valence-corrected chi connectivity index (χ3v) is 13.0. The second kappa shape index (κ2) is 16.8. The quantitative estimate of drug-likeness (QED) is 0.141. The Kier molecular flexibility index (Phi) is 9.89. The van der Waals surface area contributed by atoms with Gasteiger partial charge in [-0.2, -0.15) is 0 Å². The average Bonchev–Trinajstić information content (AvgIpc) is 3.73. The second-order valence-corrected chi connectivity index (χ2v) is 16.9. The lowest BCUT2D eigenvalue weighted by molar-refractivity contribution is 1.18. The van der Waals surface area contributed by atoms with Crippen molar-refractivity contribution in [1.82, 2.24) is 4.57 Å². The van der Waals surface area contributed by atoms with Gasteiger partial charge in [-0.3, -0.25) is 0 Å². The Bertz CT molecular complexity index is 3650. The number of nitrogens with zero attached hydrogens (tertiary/aromatic N) is 2. The van der Waals surface area contributed by atoms with E-state index in [2.05, 4.69) is 276 Å².